The summed E-state index contributed by atoms with van der Waals surface area (Å²) in [7, 11) is -2.54. The maximum atomic E-state index is 13.0. The van der Waals surface area contributed by atoms with Crippen LogP contribution in [0.1, 0.15) is 25.8 Å². The molecule has 0 bridgehead atoms. The van der Waals surface area contributed by atoms with Crippen molar-refractivity contribution in [2.24, 2.45) is 16.7 Å². The number of hydrogen-bond donors (Lipinski definition) is 0. The lowest BCUT2D eigenvalue weighted by Gasteiger charge is -2.54. The van der Waals surface area contributed by atoms with Crippen LogP contribution in [0.15, 0.2) is 23.1 Å². The van der Waals surface area contributed by atoms with Crippen LogP contribution in [0.4, 0.5) is 0 Å². The fourth-order valence-electron chi connectivity index (χ4n) is 4.43. The molecular formula is C17H19ClN2O4S. The van der Waals surface area contributed by atoms with Crippen LogP contribution >= 0.6 is 11.6 Å². The van der Waals surface area contributed by atoms with Gasteiger partial charge in [-0.1, -0.05) is 25.4 Å². The maximum Gasteiger partial charge on any atom is 0.313 e. The van der Waals surface area contributed by atoms with Crippen molar-refractivity contribution in [3.8, 4) is 6.07 Å². The summed E-state index contributed by atoms with van der Waals surface area (Å²) in [6, 6.07) is 6.02. The fourth-order valence-corrected chi connectivity index (χ4v) is 6.47. The fraction of sp³-hybridized carbons (Fsp3) is 0.529. The lowest BCUT2D eigenvalue weighted by atomic mass is 9.48. The van der Waals surface area contributed by atoms with Crippen LogP contribution in [-0.2, 0) is 19.6 Å². The normalized spacial score (nSPS) is 27.9. The number of carbonyl (C=O) groups excluding carboxylic acids is 1. The summed E-state index contributed by atoms with van der Waals surface area (Å²) in [5, 5.41) is 8.91. The Hall–Kier alpha value is -1.62. The third-order valence-corrected chi connectivity index (χ3v) is 7.79. The Balaban J connectivity index is 1.98. The zero-order valence-electron chi connectivity index (χ0n) is 14.2. The van der Waals surface area contributed by atoms with E-state index in [9.17, 15) is 13.2 Å². The van der Waals surface area contributed by atoms with Crippen LogP contribution in [0.5, 0.6) is 0 Å². The first-order chi connectivity index (χ1) is 11.6. The van der Waals surface area contributed by atoms with Crippen molar-refractivity contribution in [3.05, 3.63) is 28.8 Å². The standard InChI is InChI=1S/C17H19ClN2O4S/c1-16(2)9-17(15(21)24-3)10-20(8-14(16)17)25(22,23)13-5-4-11(7-19)6-12(13)18/h4-6,14H,8-10H2,1-3H3/t14-,17+/m1/s1. The monoisotopic (exact) mass is 382 g/mol. The number of methoxy groups -OCH3 is 1. The van der Waals surface area contributed by atoms with Crippen molar-refractivity contribution in [2.75, 3.05) is 20.2 Å². The summed E-state index contributed by atoms with van der Waals surface area (Å²) in [5.41, 5.74) is -0.630. The molecule has 2 aliphatic rings. The molecule has 1 aromatic carbocycles. The Kier molecular flexibility index (Phi) is 4.14. The number of rotatable bonds is 3. The van der Waals surface area contributed by atoms with Crippen LogP contribution in [0.25, 0.3) is 0 Å². The van der Waals surface area contributed by atoms with E-state index in [2.05, 4.69) is 0 Å². The van der Waals surface area contributed by atoms with Gasteiger partial charge in [-0.05, 0) is 36.0 Å². The zero-order chi connectivity index (χ0) is 18.6. The second-order valence-corrected chi connectivity index (χ2v) is 9.73. The predicted octanol–water partition coefficient (Wildman–Crippen LogP) is 2.42. The van der Waals surface area contributed by atoms with Gasteiger partial charge in [0.2, 0.25) is 10.0 Å². The minimum absolute atomic E-state index is 0.00433. The Bertz CT molecular complexity index is 890. The molecule has 6 nitrogen and oxygen atoms in total. The number of esters is 1. The van der Waals surface area contributed by atoms with Gasteiger partial charge in [-0.2, -0.15) is 9.57 Å². The number of nitriles is 1. The molecule has 1 aliphatic carbocycles. The van der Waals surface area contributed by atoms with E-state index in [4.69, 9.17) is 21.6 Å². The number of nitrogens with zero attached hydrogens (tertiary/aromatic N) is 2. The van der Waals surface area contributed by atoms with E-state index in [0.29, 0.717) is 6.42 Å². The summed E-state index contributed by atoms with van der Waals surface area (Å²) >= 11 is 6.09. The van der Waals surface area contributed by atoms with E-state index in [1.165, 1.54) is 29.6 Å². The van der Waals surface area contributed by atoms with Gasteiger partial charge in [-0.15, -0.1) is 0 Å². The number of ether oxygens (including phenoxy) is 1. The van der Waals surface area contributed by atoms with Gasteiger partial charge in [0.05, 0.1) is 29.2 Å². The quantitative estimate of drug-likeness (QED) is 0.749. The first kappa shape index (κ1) is 18.2. The summed E-state index contributed by atoms with van der Waals surface area (Å²) in [6.45, 7) is 4.40. The molecule has 8 heteroatoms. The van der Waals surface area contributed by atoms with Gasteiger partial charge in [0, 0.05) is 13.1 Å². The number of sulfonamides is 1. The molecule has 1 heterocycles. The Labute approximate surface area is 152 Å². The zero-order valence-corrected chi connectivity index (χ0v) is 15.8. The number of halogens is 1. The molecular weight excluding hydrogens is 364 g/mol. The molecule has 0 aromatic heterocycles. The van der Waals surface area contributed by atoms with Gasteiger partial charge in [0.1, 0.15) is 4.90 Å². The highest BCUT2D eigenvalue weighted by Crippen LogP contribution is 2.63. The second-order valence-electron chi connectivity index (χ2n) is 7.42. The SMILES string of the molecule is COC(=O)[C@@]12CN(S(=O)(=O)c3ccc(C#N)cc3Cl)C[C@@H]1C(C)(C)C2. The van der Waals surface area contributed by atoms with E-state index in [-0.39, 0.29) is 45.9 Å². The molecule has 0 amide bonds. The largest absolute Gasteiger partial charge is 0.469 e. The first-order valence-corrected chi connectivity index (χ1v) is 9.68. The number of fused-ring (bicyclic) bond motifs is 1. The summed E-state index contributed by atoms with van der Waals surface area (Å²) in [6.07, 6.45) is 0.588. The van der Waals surface area contributed by atoms with Gasteiger partial charge in [-0.25, -0.2) is 8.42 Å². The topological polar surface area (TPSA) is 87.5 Å². The molecule has 134 valence electrons. The third-order valence-electron chi connectivity index (χ3n) is 5.50. The molecule has 0 unspecified atom stereocenters. The Morgan fingerprint density at radius 1 is 1.44 bits per heavy atom. The molecule has 1 saturated carbocycles. The number of benzene rings is 1. The van der Waals surface area contributed by atoms with Crippen molar-refractivity contribution in [3.63, 3.8) is 0 Å². The molecule has 1 aliphatic heterocycles. The van der Waals surface area contributed by atoms with Crippen molar-refractivity contribution in [1.29, 1.82) is 5.26 Å². The van der Waals surface area contributed by atoms with Crippen LogP contribution in [0.2, 0.25) is 5.02 Å². The molecule has 0 spiro atoms. The Morgan fingerprint density at radius 2 is 2.12 bits per heavy atom. The lowest BCUT2D eigenvalue weighted by molar-refractivity contribution is -0.174. The van der Waals surface area contributed by atoms with E-state index in [0.717, 1.165) is 0 Å². The van der Waals surface area contributed by atoms with Crippen LogP contribution in [-0.4, -0.2) is 38.9 Å². The van der Waals surface area contributed by atoms with Gasteiger partial charge in [-0.3, -0.25) is 4.79 Å². The molecule has 0 radical (unpaired) electrons. The average molecular weight is 383 g/mol. The molecule has 2 atom stereocenters. The molecule has 0 N–H and O–H groups in total. The van der Waals surface area contributed by atoms with E-state index < -0.39 is 15.4 Å². The highest BCUT2D eigenvalue weighted by atomic mass is 35.5. The van der Waals surface area contributed by atoms with E-state index in [1.807, 2.05) is 19.9 Å². The van der Waals surface area contributed by atoms with Gasteiger partial charge >= 0.3 is 5.97 Å². The molecule has 1 aromatic rings. The van der Waals surface area contributed by atoms with Crippen LogP contribution < -0.4 is 0 Å². The van der Waals surface area contributed by atoms with Gasteiger partial charge in [0.15, 0.2) is 0 Å². The maximum absolute atomic E-state index is 13.0. The van der Waals surface area contributed by atoms with E-state index in [1.54, 1.807) is 0 Å². The first-order valence-electron chi connectivity index (χ1n) is 7.87. The summed E-state index contributed by atoms with van der Waals surface area (Å²) in [4.78, 5) is 12.3. The second kappa shape index (κ2) is 5.70. The van der Waals surface area contributed by atoms with Crippen molar-refractivity contribution in [2.45, 2.75) is 25.2 Å². The minimum Gasteiger partial charge on any atom is -0.469 e. The summed E-state index contributed by atoms with van der Waals surface area (Å²) in [5.74, 6) is -0.458. The minimum atomic E-state index is -3.87. The summed E-state index contributed by atoms with van der Waals surface area (Å²) < 4.78 is 32.4. The molecule has 1 saturated heterocycles. The van der Waals surface area contributed by atoms with Crippen molar-refractivity contribution < 1.29 is 17.9 Å². The smallest absolute Gasteiger partial charge is 0.313 e. The third kappa shape index (κ3) is 2.55. The number of hydrogen-bond acceptors (Lipinski definition) is 5. The molecule has 25 heavy (non-hydrogen) atoms. The van der Waals surface area contributed by atoms with E-state index >= 15 is 0 Å². The van der Waals surface area contributed by atoms with Crippen LogP contribution in [0, 0.1) is 28.1 Å². The van der Waals surface area contributed by atoms with Crippen molar-refractivity contribution >= 4 is 27.6 Å². The highest BCUT2D eigenvalue weighted by molar-refractivity contribution is 7.89. The van der Waals surface area contributed by atoms with Crippen LogP contribution in [0.3, 0.4) is 0 Å². The van der Waals surface area contributed by atoms with Gasteiger partial charge in [0.25, 0.3) is 0 Å². The highest BCUT2D eigenvalue weighted by Gasteiger charge is 2.68. The predicted molar refractivity (Wildman–Crippen MR) is 91.3 cm³/mol. The lowest BCUT2D eigenvalue weighted by Crippen LogP contribution is -2.57. The molecule has 3 rings (SSSR count). The number of carbonyl (C=O) groups is 1. The molecule has 2 fully saturated rings. The van der Waals surface area contributed by atoms with Crippen molar-refractivity contribution in [1.82, 2.24) is 4.31 Å². The average Bonchev–Trinajstić information content (AvgIpc) is 2.90. The van der Waals surface area contributed by atoms with Gasteiger partial charge < -0.3 is 4.74 Å². The Morgan fingerprint density at radius 3 is 2.64 bits per heavy atom.